The molecular formula is C14H22N4O. The van der Waals surface area contributed by atoms with Crippen molar-refractivity contribution in [2.75, 3.05) is 26.2 Å². The molecule has 0 amide bonds. The summed E-state index contributed by atoms with van der Waals surface area (Å²) in [6.45, 7) is 7.66. The molecule has 1 saturated heterocycles. The zero-order valence-electron chi connectivity index (χ0n) is 11.7. The smallest absolute Gasteiger partial charge is 0.133 e. The van der Waals surface area contributed by atoms with E-state index in [4.69, 9.17) is 15.9 Å². The first-order valence-corrected chi connectivity index (χ1v) is 6.75. The number of hydrogen-bond donors (Lipinski definition) is 2. The average Bonchev–Trinajstić information content (AvgIpc) is 2.80. The van der Waals surface area contributed by atoms with Gasteiger partial charge in [0.1, 0.15) is 18.2 Å². The Morgan fingerprint density at radius 1 is 1.42 bits per heavy atom. The number of pyridine rings is 1. The van der Waals surface area contributed by atoms with Crippen molar-refractivity contribution >= 4 is 5.84 Å². The highest BCUT2D eigenvalue weighted by molar-refractivity contribution is 5.98. The molecule has 0 radical (unpaired) electrons. The second-order valence-corrected chi connectivity index (χ2v) is 5.03. The number of aromatic nitrogens is 1. The molecule has 1 aromatic rings. The highest BCUT2D eigenvalue weighted by Gasteiger charge is 2.14. The van der Waals surface area contributed by atoms with Gasteiger partial charge in [-0.05, 0) is 39.8 Å². The van der Waals surface area contributed by atoms with Crippen molar-refractivity contribution in [3.05, 3.63) is 23.0 Å². The minimum absolute atomic E-state index is 0.0150. The number of nitrogens with zero attached hydrogens (tertiary/aromatic N) is 2. The van der Waals surface area contributed by atoms with E-state index >= 15 is 0 Å². The molecule has 0 saturated carbocycles. The van der Waals surface area contributed by atoms with E-state index in [1.54, 1.807) is 0 Å². The van der Waals surface area contributed by atoms with Crippen molar-refractivity contribution in [2.24, 2.45) is 5.73 Å². The van der Waals surface area contributed by atoms with Gasteiger partial charge in [0.15, 0.2) is 0 Å². The van der Waals surface area contributed by atoms with Crippen molar-refractivity contribution in [1.82, 2.24) is 9.88 Å². The Labute approximate surface area is 114 Å². The van der Waals surface area contributed by atoms with E-state index in [-0.39, 0.29) is 5.84 Å². The predicted octanol–water partition coefficient (Wildman–Crippen LogP) is 1.46. The maximum absolute atomic E-state index is 7.64. The first-order valence-electron chi connectivity index (χ1n) is 6.75. The van der Waals surface area contributed by atoms with Crippen LogP contribution in [0.5, 0.6) is 5.75 Å². The Morgan fingerprint density at radius 2 is 2.11 bits per heavy atom. The van der Waals surface area contributed by atoms with Gasteiger partial charge >= 0.3 is 0 Å². The van der Waals surface area contributed by atoms with Crippen LogP contribution in [0.15, 0.2) is 6.07 Å². The second kappa shape index (κ2) is 6.02. The van der Waals surface area contributed by atoms with Gasteiger partial charge in [-0.25, -0.2) is 0 Å². The molecule has 1 aliphatic rings. The fourth-order valence-corrected chi connectivity index (χ4v) is 2.53. The van der Waals surface area contributed by atoms with Crippen LogP contribution in [-0.2, 0) is 0 Å². The fraction of sp³-hybridized carbons (Fsp3) is 0.571. The minimum Gasteiger partial charge on any atom is -0.491 e. The average molecular weight is 262 g/mol. The van der Waals surface area contributed by atoms with Crippen molar-refractivity contribution in [3.8, 4) is 5.75 Å². The largest absolute Gasteiger partial charge is 0.491 e. The highest BCUT2D eigenvalue weighted by Crippen LogP contribution is 2.21. The zero-order valence-corrected chi connectivity index (χ0v) is 11.7. The van der Waals surface area contributed by atoms with Crippen LogP contribution in [-0.4, -0.2) is 42.0 Å². The molecular weight excluding hydrogens is 240 g/mol. The van der Waals surface area contributed by atoms with Crippen molar-refractivity contribution in [2.45, 2.75) is 26.7 Å². The van der Waals surface area contributed by atoms with E-state index < -0.39 is 0 Å². The molecule has 1 aliphatic heterocycles. The summed E-state index contributed by atoms with van der Waals surface area (Å²) in [5.74, 6) is 0.692. The van der Waals surface area contributed by atoms with Gasteiger partial charge in [-0.3, -0.25) is 15.3 Å². The van der Waals surface area contributed by atoms with Crippen LogP contribution in [0, 0.1) is 19.3 Å². The first-order chi connectivity index (χ1) is 9.08. The third-order valence-corrected chi connectivity index (χ3v) is 3.43. The number of likely N-dealkylation sites (tertiary alicyclic amines) is 1. The van der Waals surface area contributed by atoms with Crippen molar-refractivity contribution < 1.29 is 4.74 Å². The summed E-state index contributed by atoms with van der Waals surface area (Å²) in [6.07, 6.45) is 2.57. The van der Waals surface area contributed by atoms with Gasteiger partial charge < -0.3 is 10.5 Å². The van der Waals surface area contributed by atoms with E-state index in [1.165, 1.54) is 12.8 Å². The summed E-state index contributed by atoms with van der Waals surface area (Å²) >= 11 is 0. The van der Waals surface area contributed by atoms with Gasteiger partial charge in [0.2, 0.25) is 0 Å². The number of nitrogens with two attached hydrogens (primary N) is 1. The molecule has 5 heteroatoms. The number of aryl methyl sites for hydroxylation is 2. The molecule has 19 heavy (non-hydrogen) atoms. The molecule has 0 spiro atoms. The number of nitrogen functional groups attached to an aromatic ring is 1. The van der Waals surface area contributed by atoms with Gasteiger partial charge in [0.05, 0.1) is 11.3 Å². The standard InChI is InChI=1S/C14H22N4O/c1-10-9-12(13(14(15)16)11(2)17-10)19-8-7-18-5-3-4-6-18/h9H,3-8H2,1-2H3,(H3,15,16). The maximum atomic E-state index is 7.64. The lowest BCUT2D eigenvalue weighted by atomic mass is 10.1. The lowest BCUT2D eigenvalue weighted by molar-refractivity contribution is 0.237. The lowest BCUT2D eigenvalue weighted by Gasteiger charge is -2.17. The molecule has 1 aromatic heterocycles. The quantitative estimate of drug-likeness (QED) is 0.622. The molecule has 3 N–H and O–H groups in total. The summed E-state index contributed by atoms with van der Waals surface area (Å²) in [4.78, 5) is 6.73. The third kappa shape index (κ3) is 3.44. The minimum atomic E-state index is 0.0150. The normalized spacial score (nSPS) is 15.7. The maximum Gasteiger partial charge on any atom is 0.133 e. The highest BCUT2D eigenvalue weighted by atomic mass is 16.5. The topological polar surface area (TPSA) is 75.2 Å². The number of ether oxygens (including phenoxy) is 1. The number of rotatable bonds is 5. The van der Waals surface area contributed by atoms with Gasteiger partial charge in [0.25, 0.3) is 0 Å². The molecule has 2 heterocycles. The Balaban J connectivity index is 2.03. The Kier molecular flexibility index (Phi) is 4.37. The number of amidine groups is 1. The van der Waals surface area contributed by atoms with Gasteiger partial charge in [-0.15, -0.1) is 0 Å². The van der Waals surface area contributed by atoms with Crippen LogP contribution in [0.25, 0.3) is 0 Å². The van der Waals surface area contributed by atoms with Crippen LogP contribution in [0.1, 0.15) is 29.8 Å². The summed E-state index contributed by atoms with van der Waals surface area (Å²) in [7, 11) is 0. The Hall–Kier alpha value is -1.62. The monoisotopic (exact) mass is 262 g/mol. The Morgan fingerprint density at radius 3 is 2.74 bits per heavy atom. The van der Waals surface area contributed by atoms with Crippen LogP contribution in [0.2, 0.25) is 0 Å². The summed E-state index contributed by atoms with van der Waals surface area (Å²) in [5, 5.41) is 7.64. The third-order valence-electron chi connectivity index (χ3n) is 3.43. The zero-order chi connectivity index (χ0) is 13.8. The molecule has 2 rings (SSSR count). The van der Waals surface area contributed by atoms with E-state index in [0.29, 0.717) is 17.9 Å². The van der Waals surface area contributed by atoms with E-state index in [9.17, 15) is 0 Å². The van der Waals surface area contributed by atoms with E-state index in [2.05, 4.69) is 9.88 Å². The van der Waals surface area contributed by atoms with Crippen molar-refractivity contribution in [3.63, 3.8) is 0 Å². The van der Waals surface area contributed by atoms with Crippen LogP contribution in [0.4, 0.5) is 0 Å². The van der Waals surface area contributed by atoms with Crippen molar-refractivity contribution in [1.29, 1.82) is 5.41 Å². The van der Waals surface area contributed by atoms with Gasteiger partial charge in [-0.1, -0.05) is 0 Å². The fourth-order valence-electron chi connectivity index (χ4n) is 2.53. The van der Waals surface area contributed by atoms with Crippen LogP contribution in [0.3, 0.4) is 0 Å². The molecule has 0 atom stereocenters. The second-order valence-electron chi connectivity index (χ2n) is 5.03. The van der Waals surface area contributed by atoms with Crippen LogP contribution < -0.4 is 10.5 Å². The number of hydrogen-bond acceptors (Lipinski definition) is 4. The summed E-state index contributed by atoms with van der Waals surface area (Å²) < 4.78 is 5.82. The molecule has 104 valence electrons. The van der Waals surface area contributed by atoms with Gasteiger partial charge in [0, 0.05) is 18.3 Å². The molecule has 0 aromatic carbocycles. The SMILES string of the molecule is Cc1cc(OCCN2CCCC2)c(C(=N)N)c(C)n1. The molecule has 0 bridgehead atoms. The van der Waals surface area contributed by atoms with E-state index in [0.717, 1.165) is 31.0 Å². The molecule has 1 fully saturated rings. The van der Waals surface area contributed by atoms with Gasteiger partial charge in [-0.2, -0.15) is 0 Å². The van der Waals surface area contributed by atoms with E-state index in [1.807, 2.05) is 19.9 Å². The lowest BCUT2D eigenvalue weighted by Crippen LogP contribution is -2.26. The predicted molar refractivity (Wildman–Crippen MR) is 75.9 cm³/mol. The summed E-state index contributed by atoms with van der Waals surface area (Å²) in [5.41, 5.74) is 7.87. The summed E-state index contributed by atoms with van der Waals surface area (Å²) in [6, 6.07) is 1.85. The molecule has 0 aliphatic carbocycles. The van der Waals surface area contributed by atoms with Crippen LogP contribution >= 0.6 is 0 Å². The molecule has 5 nitrogen and oxygen atoms in total. The number of nitrogens with one attached hydrogen (secondary N) is 1. The first kappa shape index (κ1) is 13.8. The molecule has 0 unspecified atom stereocenters. The Bertz CT molecular complexity index is 467.